The average molecular weight is 328 g/mol. The summed E-state index contributed by atoms with van der Waals surface area (Å²) in [7, 11) is 0. The van der Waals surface area contributed by atoms with Gasteiger partial charge in [0.05, 0.1) is 11.3 Å². The first-order valence-electron chi connectivity index (χ1n) is 6.01. The van der Waals surface area contributed by atoms with Crippen molar-refractivity contribution in [3.63, 3.8) is 0 Å². The van der Waals surface area contributed by atoms with Crippen molar-refractivity contribution in [2.45, 2.75) is 47.2 Å². The third-order valence-corrected chi connectivity index (χ3v) is 2.56. The standard InChI is InChI=1S/C9H9BrF3N.2C2H6/c1-2-5-3-6(9(11,12)13)8(14)7(10)4-5;2*1-2/h3-4H,2,14H2,1H3;2*1-2H3. The van der Waals surface area contributed by atoms with Crippen LogP contribution in [0.2, 0.25) is 0 Å². The van der Waals surface area contributed by atoms with Crippen molar-refractivity contribution in [3.8, 4) is 0 Å². The summed E-state index contributed by atoms with van der Waals surface area (Å²) >= 11 is 3.01. The highest BCUT2D eigenvalue weighted by Gasteiger charge is 2.33. The van der Waals surface area contributed by atoms with Crippen LogP contribution in [0.15, 0.2) is 16.6 Å². The SMILES string of the molecule is CC.CC.CCc1cc(Br)c(N)c(C(F)(F)F)c1. The van der Waals surface area contributed by atoms with Crippen molar-refractivity contribution in [1.29, 1.82) is 0 Å². The molecule has 0 aromatic heterocycles. The molecule has 0 aliphatic rings. The Morgan fingerprint density at radius 2 is 1.56 bits per heavy atom. The van der Waals surface area contributed by atoms with Crippen LogP contribution in [0.5, 0.6) is 0 Å². The lowest BCUT2D eigenvalue weighted by molar-refractivity contribution is -0.137. The van der Waals surface area contributed by atoms with Crippen LogP contribution in [0.4, 0.5) is 18.9 Å². The van der Waals surface area contributed by atoms with E-state index in [-0.39, 0.29) is 5.69 Å². The highest BCUT2D eigenvalue weighted by atomic mass is 79.9. The first-order chi connectivity index (χ1) is 8.36. The number of nitrogens with two attached hydrogens (primary N) is 1. The smallest absolute Gasteiger partial charge is 0.397 e. The third kappa shape index (κ3) is 5.76. The van der Waals surface area contributed by atoms with E-state index in [1.54, 1.807) is 13.0 Å². The van der Waals surface area contributed by atoms with Crippen molar-refractivity contribution in [2.24, 2.45) is 0 Å². The molecule has 0 heterocycles. The Hall–Kier alpha value is -0.710. The van der Waals surface area contributed by atoms with Crippen molar-refractivity contribution in [1.82, 2.24) is 0 Å². The van der Waals surface area contributed by atoms with E-state index >= 15 is 0 Å². The van der Waals surface area contributed by atoms with E-state index in [1.165, 1.54) is 0 Å². The molecule has 0 bridgehead atoms. The van der Waals surface area contributed by atoms with Gasteiger partial charge in [0.1, 0.15) is 0 Å². The van der Waals surface area contributed by atoms with Crippen LogP contribution < -0.4 is 5.73 Å². The topological polar surface area (TPSA) is 26.0 Å². The largest absolute Gasteiger partial charge is 0.418 e. The number of halogens is 4. The Morgan fingerprint density at radius 3 is 1.89 bits per heavy atom. The molecule has 0 unspecified atom stereocenters. The lowest BCUT2D eigenvalue weighted by Gasteiger charge is -2.12. The predicted molar refractivity (Wildman–Crippen MR) is 75.6 cm³/mol. The summed E-state index contributed by atoms with van der Waals surface area (Å²) in [5.41, 5.74) is 4.91. The average Bonchev–Trinajstić information content (AvgIpc) is 2.36. The number of aryl methyl sites for hydroxylation is 1. The number of alkyl halides is 3. The summed E-state index contributed by atoms with van der Waals surface area (Å²) in [6.45, 7) is 9.79. The van der Waals surface area contributed by atoms with Crippen LogP contribution >= 0.6 is 15.9 Å². The monoisotopic (exact) mass is 327 g/mol. The fraction of sp³-hybridized carbons (Fsp3) is 0.538. The Kier molecular flexibility index (Phi) is 10.1. The Labute approximate surface area is 116 Å². The second kappa shape index (κ2) is 9.25. The molecule has 0 saturated carbocycles. The van der Waals surface area contributed by atoms with Crippen molar-refractivity contribution < 1.29 is 13.2 Å². The summed E-state index contributed by atoms with van der Waals surface area (Å²) < 4.78 is 37.6. The third-order valence-electron chi connectivity index (χ3n) is 1.90. The van der Waals surface area contributed by atoms with Crippen molar-refractivity contribution in [3.05, 3.63) is 27.7 Å². The van der Waals surface area contributed by atoms with Gasteiger partial charge in [-0.3, -0.25) is 0 Å². The molecule has 2 N–H and O–H groups in total. The van der Waals surface area contributed by atoms with Crippen molar-refractivity contribution >= 4 is 21.6 Å². The van der Waals surface area contributed by atoms with Crippen LogP contribution in [0, 0.1) is 0 Å². The molecule has 1 rings (SSSR count). The molecule has 0 amide bonds. The Bertz CT molecular complexity index is 349. The summed E-state index contributed by atoms with van der Waals surface area (Å²) in [6.07, 6.45) is -3.85. The highest BCUT2D eigenvalue weighted by Crippen LogP contribution is 2.37. The van der Waals surface area contributed by atoms with Gasteiger partial charge in [0.25, 0.3) is 0 Å². The number of hydrogen-bond donors (Lipinski definition) is 1. The van der Waals surface area contributed by atoms with Crippen LogP contribution in [0.3, 0.4) is 0 Å². The van der Waals surface area contributed by atoms with E-state index in [0.717, 1.165) is 6.07 Å². The van der Waals surface area contributed by atoms with E-state index in [0.29, 0.717) is 16.5 Å². The molecular formula is C13H21BrF3N. The summed E-state index contributed by atoms with van der Waals surface area (Å²) in [5.74, 6) is 0. The van der Waals surface area contributed by atoms with Gasteiger partial charge in [-0.2, -0.15) is 13.2 Å². The Balaban J connectivity index is 0. The van der Waals surface area contributed by atoms with Crippen LogP contribution in [0.1, 0.15) is 45.7 Å². The molecule has 0 radical (unpaired) electrons. The maximum absolute atomic E-state index is 12.4. The van der Waals surface area contributed by atoms with Crippen LogP contribution in [-0.2, 0) is 12.6 Å². The molecule has 0 aliphatic heterocycles. The summed E-state index contributed by atoms with van der Waals surface area (Å²) in [4.78, 5) is 0. The lowest BCUT2D eigenvalue weighted by Crippen LogP contribution is -2.10. The van der Waals surface area contributed by atoms with E-state index in [9.17, 15) is 13.2 Å². The van der Waals surface area contributed by atoms with E-state index < -0.39 is 11.7 Å². The summed E-state index contributed by atoms with van der Waals surface area (Å²) in [5, 5.41) is 0. The highest BCUT2D eigenvalue weighted by molar-refractivity contribution is 9.10. The molecule has 5 heteroatoms. The van der Waals surface area contributed by atoms with Gasteiger partial charge in [-0.1, -0.05) is 34.6 Å². The number of rotatable bonds is 1. The molecule has 18 heavy (non-hydrogen) atoms. The predicted octanol–water partition coefficient (Wildman–Crippen LogP) is 5.66. The molecule has 0 spiro atoms. The normalized spacial score (nSPS) is 9.83. The van der Waals surface area contributed by atoms with Gasteiger partial charge < -0.3 is 5.73 Å². The first-order valence-corrected chi connectivity index (χ1v) is 6.80. The number of anilines is 1. The molecule has 1 nitrogen and oxygen atoms in total. The van der Waals surface area contributed by atoms with Gasteiger partial charge in [0, 0.05) is 4.47 Å². The molecule has 0 atom stereocenters. The Morgan fingerprint density at radius 1 is 1.11 bits per heavy atom. The van der Waals surface area contributed by atoms with Gasteiger partial charge in [-0.25, -0.2) is 0 Å². The van der Waals surface area contributed by atoms with Gasteiger partial charge in [0.2, 0.25) is 0 Å². The fourth-order valence-electron chi connectivity index (χ4n) is 1.11. The second-order valence-electron chi connectivity index (χ2n) is 2.89. The van der Waals surface area contributed by atoms with E-state index in [4.69, 9.17) is 5.73 Å². The van der Waals surface area contributed by atoms with E-state index in [1.807, 2.05) is 27.7 Å². The quantitative estimate of drug-likeness (QED) is 0.661. The zero-order chi connectivity index (χ0) is 14.9. The fourth-order valence-corrected chi connectivity index (χ4v) is 1.62. The molecule has 106 valence electrons. The summed E-state index contributed by atoms with van der Waals surface area (Å²) in [6, 6.07) is 2.69. The second-order valence-corrected chi connectivity index (χ2v) is 3.74. The molecule has 0 fully saturated rings. The van der Waals surface area contributed by atoms with E-state index in [2.05, 4.69) is 15.9 Å². The number of nitrogen functional groups attached to an aromatic ring is 1. The molecule has 0 saturated heterocycles. The minimum absolute atomic E-state index is 0.255. The number of hydrogen-bond acceptors (Lipinski definition) is 1. The number of benzene rings is 1. The lowest BCUT2D eigenvalue weighted by atomic mass is 10.1. The molecular weight excluding hydrogens is 307 g/mol. The van der Waals surface area contributed by atoms with Gasteiger partial charge in [-0.05, 0) is 40.0 Å². The zero-order valence-electron chi connectivity index (χ0n) is 11.5. The minimum atomic E-state index is -4.39. The maximum Gasteiger partial charge on any atom is 0.418 e. The first kappa shape index (κ1) is 19.6. The zero-order valence-corrected chi connectivity index (χ0v) is 13.0. The van der Waals surface area contributed by atoms with Crippen molar-refractivity contribution in [2.75, 3.05) is 5.73 Å². The van der Waals surface area contributed by atoms with Gasteiger partial charge in [-0.15, -0.1) is 0 Å². The molecule has 1 aromatic carbocycles. The molecule has 0 aliphatic carbocycles. The van der Waals surface area contributed by atoms with Gasteiger partial charge >= 0.3 is 6.18 Å². The van der Waals surface area contributed by atoms with Crippen LogP contribution in [-0.4, -0.2) is 0 Å². The van der Waals surface area contributed by atoms with Gasteiger partial charge in [0.15, 0.2) is 0 Å². The van der Waals surface area contributed by atoms with Crippen LogP contribution in [0.25, 0.3) is 0 Å². The maximum atomic E-state index is 12.4. The molecule has 1 aromatic rings. The minimum Gasteiger partial charge on any atom is -0.397 e.